The highest BCUT2D eigenvalue weighted by molar-refractivity contribution is 9.10. The lowest BCUT2D eigenvalue weighted by Crippen LogP contribution is -2.32. The first-order valence-electron chi connectivity index (χ1n) is 10.7. The van der Waals surface area contributed by atoms with Gasteiger partial charge in [-0.15, -0.1) is 0 Å². The minimum absolute atomic E-state index is 0.221. The quantitative estimate of drug-likeness (QED) is 0.196. The van der Waals surface area contributed by atoms with Gasteiger partial charge in [0.2, 0.25) is 0 Å². The molecule has 0 unspecified atom stereocenters. The second kappa shape index (κ2) is 13.3. The smallest absolute Gasteiger partial charge is 0.329 e. The van der Waals surface area contributed by atoms with E-state index in [1.54, 1.807) is 48.5 Å². The minimum Gasteiger partial charge on any atom is -0.490 e. The standard InChI is InChI=1S/C25H22BrClN4O5/c1-2-35-22-12-16(14-28-31-25(34)24(33)30-20-5-3-4-18(27)13-20)6-11-21(22)36-15-23(32)29-19-9-7-17(26)8-10-19/h3-14H,2,15H2,1H3,(H,29,32)(H,30,33)(H,31,34)/b28-14-. The molecular weight excluding hydrogens is 552 g/mol. The van der Waals surface area contributed by atoms with E-state index in [9.17, 15) is 14.4 Å². The number of halogens is 2. The van der Waals surface area contributed by atoms with Gasteiger partial charge in [0.05, 0.1) is 12.8 Å². The molecule has 0 bridgehead atoms. The van der Waals surface area contributed by atoms with Gasteiger partial charge in [0.25, 0.3) is 5.91 Å². The fraction of sp³-hybridized carbons (Fsp3) is 0.120. The predicted molar refractivity (Wildman–Crippen MR) is 142 cm³/mol. The van der Waals surface area contributed by atoms with Crippen molar-refractivity contribution < 1.29 is 23.9 Å². The van der Waals surface area contributed by atoms with Gasteiger partial charge in [0, 0.05) is 20.9 Å². The fourth-order valence-corrected chi connectivity index (χ4v) is 3.29. The molecule has 0 heterocycles. The molecule has 36 heavy (non-hydrogen) atoms. The summed E-state index contributed by atoms with van der Waals surface area (Å²) in [5.41, 5.74) is 3.75. The number of nitrogens with zero attached hydrogens (tertiary/aromatic N) is 1. The van der Waals surface area contributed by atoms with Gasteiger partial charge in [-0.05, 0) is 73.2 Å². The maximum absolute atomic E-state index is 12.2. The van der Waals surface area contributed by atoms with E-state index in [2.05, 4.69) is 37.1 Å². The highest BCUT2D eigenvalue weighted by Crippen LogP contribution is 2.28. The Hall–Kier alpha value is -3.89. The number of anilines is 2. The lowest BCUT2D eigenvalue weighted by molar-refractivity contribution is -0.136. The Balaban J connectivity index is 1.55. The van der Waals surface area contributed by atoms with E-state index >= 15 is 0 Å². The highest BCUT2D eigenvalue weighted by atomic mass is 79.9. The van der Waals surface area contributed by atoms with Gasteiger partial charge in [-0.1, -0.05) is 33.6 Å². The summed E-state index contributed by atoms with van der Waals surface area (Å²) in [7, 11) is 0. The lowest BCUT2D eigenvalue weighted by Gasteiger charge is -2.12. The molecule has 0 aliphatic rings. The highest BCUT2D eigenvalue weighted by Gasteiger charge is 2.13. The summed E-state index contributed by atoms with van der Waals surface area (Å²) in [4.78, 5) is 36.2. The van der Waals surface area contributed by atoms with E-state index in [0.29, 0.717) is 40.1 Å². The Bertz CT molecular complexity index is 1270. The van der Waals surface area contributed by atoms with Crippen molar-refractivity contribution >= 4 is 62.8 Å². The Kier molecular flexibility index (Phi) is 9.84. The van der Waals surface area contributed by atoms with E-state index in [1.807, 2.05) is 19.1 Å². The molecule has 3 aromatic carbocycles. The predicted octanol–water partition coefficient (Wildman–Crippen LogP) is 4.61. The first-order valence-corrected chi connectivity index (χ1v) is 11.9. The summed E-state index contributed by atoms with van der Waals surface area (Å²) in [5, 5.41) is 9.40. The van der Waals surface area contributed by atoms with Crippen molar-refractivity contribution in [2.75, 3.05) is 23.8 Å². The van der Waals surface area contributed by atoms with Crippen LogP contribution in [0.25, 0.3) is 0 Å². The van der Waals surface area contributed by atoms with Gasteiger partial charge in [0.1, 0.15) is 0 Å². The summed E-state index contributed by atoms with van der Waals surface area (Å²) < 4.78 is 12.1. The molecule has 0 fully saturated rings. The van der Waals surface area contributed by atoms with E-state index in [-0.39, 0.29) is 12.5 Å². The van der Waals surface area contributed by atoms with Crippen LogP contribution in [0.1, 0.15) is 12.5 Å². The molecule has 3 amide bonds. The number of benzene rings is 3. The summed E-state index contributed by atoms with van der Waals surface area (Å²) >= 11 is 9.20. The van der Waals surface area contributed by atoms with Crippen molar-refractivity contribution in [1.82, 2.24) is 5.43 Å². The number of ether oxygens (including phenoxy) is 2. The number of carbonyl (C=O) groups is 3. The largest absolute Gasteiger partial charge is 0.490 e. The van der Waals surface area contributed by atoms with Gasteiger partial charge >= 0.3 is 11.8 Å². The minimum atomic E-state index is -0.951. The second-order valence-electron chi connectivity index (χ2n) is 7.15. The molecule has 9 nitrogen and oxygen atoms in total. The first-order chi connectivity index (χ1) is 17.3. The number of hydrazone groups is 1. The van der Waals surface area contributed by atoms with Gasteiger partial charge < -0.3 is 20.1 Å². The number of rotatable bonds is 9. The van der Waals surface area contributed by atoms with Gasteiger partial charge in [-0.25, -0.2) is 5.43 Å². The number of nitrogens with one attached hydrogen (secondary N) is 3. The number of hydrogen-bond acceptors (Lipinski definition) is 6. The maximum atomic E-state index is 12.2. The zero-order chi connectivity index (χ0) is 25.9. The van der Waals surface area contributed by atoms with Gasteiger partial charge in [-0.2, -0.15) is 5.10 Å². The fourth-order valence-electron chi connectivity index (χ4n) is 2.84. The molecule has 0 aliphatic carbocycles. The summed E-state index contributed by atoms with van der Waals surface area (Å²) in [5.74, 6) is -1.42. The molecule has 0 saturated carbocycles. The van der Waals surface area contributed by atoms with Crippen LogP contribution in [0.5, 0.6) is 11.5 Å². The molecule has 0 aromatic heterocycles. The number of amides is 3. The van der Waals surface area contributed by atoms with Crippen LogP contribution in [0.4, 0.5) is 11.4 Å². The van der Waals surface area contributed by atoms with Crippen LogP contribution in [0.15, 0.2) is 76.3 Å². The van der Waals surface area contributed by atoms with Gasteiger partial charge in [0.15, 0.2) is 18.1 Å². The van der Waals surface area contributed by atoms with Crippen molar-refractivity contribution in [3.8, 4) is 11.5 Å². The van der Waals surface area contributed by atoms with Crippen LogP contribution in [-0.4, -0.2) is 37.1 Å². The second-order valence-corrected chi connectivity index (χ2v) is 8.50. The third-order valence-corrected chi connectivity index (χ3v) is 5.19. The van der Waals surface area contributed by atoms with Crippen LogP contribution in [-0.2, 0) is 14.4 Å². The van der Waals surface area contributed by atoms with Crippen LogP contribution in [0, 0.1) is 0 Å². The lowest BCUT2D eigenvalue weighted by atomic mass is 10.2. The average Bonchev–Trinajstić information content (AvgIpc) is 2.85. The van der Waals surface area contributed by atoms with Crippen LogP contribution in [0.3, 0.4) is 0 Å². The molecule has 0 aliphatic heterocycles. The SMILES string of the molecule is CCOc1cc(/C=N\NC(=O)C(=O)Nc2cccc(Cl)c2)ccc1OCC(=O)Nc1ccc(Br)cc1. The first kappa shape index (κ1) is 26.7. The molecule has 0 atom stereocenters. The number of carbonyl (C=O) groups excluding carboxylic acids is 3. The Labute approximate surface area is 220 Å². The zero-order valence-electron chi connectivity index (χ0n) is 19.1. The average molecular weight is 574 g/mol. The summed E-state index contributed by atoms with van der Waals surface area (Å²) in [6.07, 6.45) is 1.34. The molecule has 0 spiro atoms. The summed E-state index contributed by atoms with van der Waals surface area (Å²) in [6.45, 7) is 1.95. The Morgan fingerprint density at radius 2 is 1.69 bits per heavy atom. The summed E-state index contributed by atoms with van der Waals surface area (Å²) in [6, 6.07) is 18.5. The van der Waals surface area contributed by atoms with Crippen molar-refractivity contribution in [2.24, 2.45) is 5.10 Å². The zero-order valence-corrected chi connectivity index (χ0v) is 21.4. The third kappa shape index (κ3) is 8.40. The van der Waals surface area contributed by atoms with Crippen LogP contribution in [0.2, 0.25) is 5.02 Å². The molecule has 186 valence electrons. The molecule has 3 rings (SSSR count). The normalized spacial score (nSPS) is 10.5. The van der Waals surface area contributed by atoms with Crippen molar-refractivity contribution in [2.45, 2.75) is 6.92 Å². The topological polar surface area (TPSA) is 118 Å². The molecule has 0 radical (unpaired) electrons. The molecular formula is C25H22BrClN4O5. The monoisotopic (exact) mass is 572 g/mol. The third-order valence-electron chi connectivity index (χ3n) is 4.42. The Morgan fingerprint density at radius 1 is 0.917 bits per heavy atom. The van der Waals surface area contributed by atoms with Gasteiger partial charge in [-0.3, -0.25) is 14.4 Å². The maximum Gasteiger partial charge on any atom is 0.329 e. The van der Waals surface area contributed by atoms with Crippen molar-refractivity contribution in [3.05, 3.63) is 81.8 Å². The van der Waals surface area contributed by atoms with Crippen molar-refractivity contribution in [1.29, 1.82) is 0 Å². The molecule has 11 heteroatoms. The van der Waals surface area contributed by atoms with Crippen LogP contribution < -0.4 is 25.5 Å². The molecule has 3 aromatic rings. The van der Waals surface area contributed by atoms with E-state index in [4.69, 9.17) is 21.1 Å². The Morgan fingerprint density at radius 3 is 2.42 bits per heavy atom. The molecule has 0 saturated heterocycles. The van der Waals surface area contributed by atoms with E-state index in [1.165, 1.54) is 12.3 Å². The van der Waals surface area contributed by atoms with Crippen molar-refractivity contribution in [3.63, 3.8) is 0 Å². The molecule has 3 N–H and O–H groups in total. The van der Waals surface area contributed by atoms with E-state index < -0.39 is 11.8 Å². The number of hydrogen-bond donors (Lipinski definition) is 3. The van der Waals surface area contributed by atoms with E-state index in [0.717, 1.165) is 4.47 Å². The van der Waals surface area contributed by atoms with Crippen LogP contribution >= 0.6 is 27.5 Å².